The maximum atomic E-state index is 12.1. The molecule has 3 N–H and O–H groups in total. The number of benzene rings is 2. The Morgan fingerprint density at radius 1 is 1.10 bits per heavy atom. The fraction of sp³-hybridized carbons (Fsp3) is 0.0667. The Balaban J connectivity index is 2.08. The van der Waals surface area contributed by atoms with Crippen molar-refractivity contribution < 1.29 is 4.79 Å². The molecule has 0 fully saturated rings. The van der Waals surface area contributed by atoms with Gasteiger partial charge >= 0.3 is 0 Å². The van der Waals surface area contributed by atoms with Crippen LogP contribution in [0.25, 0.3) is 0 Å². The minimum Gasteiger partial charge on any atom is -0.393 e. The predicted molar refractivity (Wildman–Crippen MR) is 91.3 cm³/mol. The van der Waals surface area contributed by atoms with E-state index in [4.69, 9.17) is 41.2 Å². The second-order valence-corrected chi connectivity index (χ2v) is 5.76. The molecule has 0 aliphatic carbocycles. The van der Waals surface area contributed by atoms with Gasteiger partial charge < -0.3 is 11.1 Å². The number of nitrogens with one attached hydrogen (secondary N) is 1. The van der Waals surface area contributed by atoms with Crippen LogP contribution in [-0.2, 0) is 6.42 Å². The summed E-state index contributed by atoms with van der Waals surface area (Å²) in [6.07, 6.45) is 0.538. The number of carbonyl (C=O) groups excluding carboxylic acids is 1. The van der Waals surface area contributed by atoms with Gasteiger partial charge in [-0.05, 0) is 35.9 Å². The number of hydrogen-bond donors (Lipinski definition) is 2. The summed E-state index contributed by atoms with van der Waals surface area (Å²) in [7, 11) is 0. The first-order chi connectivity index (χ1) is 9.95. The third kappa shape index (κ3) is 4.43. The van der Waals surface area contributed by atoms with E-state index in [1.807, 2.05) is 12.1 Å². The number of hydrogen-bond acceptors (Lipinski definition) is 2. The first-order valence-electron chi connectivity index (χ1n) is 6.09. The molecule has 108 valence electrons. The van der Waals surface area contributed by atoms with Crippen LogP contribution in [0.1, 0.15) is 15.9 Å². The van der Waals surface area contributed by atoms with Crippen molar-refractivity contribution in [1.29, 1.82) is 0 Å². The molecular formula is C15H12Cl2N2OS. The van der Waals surface area contributed by atoms with Crippen molar-refractivity contribution in [2.45, 2.75) is 6.42 Å². The Morgan fingerprint density at radius 2 is 1.76 bits per heavy atom. The van der Waals surface area contributed by atoms with Gasteiger partial charge in [0.2, 0.25) is 0 Å². The minimum absolute atomic E-state index is 0.254. The van der Waals surface area contributed by atoms with Crippen LogP contribution < -0.4 is 11.1 Å². The molecular weight excluding hydrogens is 327 g/mol. The molecule has 0 atom stereocenters. The molecule has 2 aromatic rings. The van der Waals surface area contributed by atoms with E-state index < -0.39 is 0 Å². The summed E-state index contributed by atoms with van der Waals surface area (Å²) in [6, 6.07) is 12.1. The maximum absolute atomic E-state index is 12.1. The second kappa shape index (κ2) is 6.89. The minimum atomic E-state index is -0.254. The molecule has 0 aliphatic rings. The van der Waals surface area contributed by atoms with Gasteiger partial charge in [0.25, 0.3) is 5.91 Å². The van der Waals surface area contributed by atoms with E-state index in [9.17, 15) is 4.79 Å². The van der Waals surface area contributed by atoms with Gasteiger partial charge in [-0.25, -0.2) is 0 Å². The predicted octanol–water partition coefficient (Wildman–Crippen LogP) is 4.07. The summed E-state index contributed by atoms with van der Waals surface area (Å²) in [4.78, 5) is 12.5. The number of halogens is 2. The van der Waals surface area contributed by atoms with Crippen LogP contribution in [0.5, 0.6) is 0 Å². The summed E-state index contributed by atoms with van der Waals surface area (Å²) in [5.41, 5.74) is 7.60. The Morgan fingerprint density at radius 3 is 2.33 bits per heavy atom. The van der Waals surface area contributed by atoms with Crippen LogP contribution in [0.3, 0.4) is 0 Å². The molecule has 0 saturated carbocycles. The van der Waals surface area contributed by atoms with E-state index in [0.29, 0.717) is 32.7 Å². The van der Waals surface area contributed by atoms with Gasteiger partial charge in [0.15, 0.2) is 0 Å². The molecule has 0 aromatic heterocycles. The molecule has 1 amide bonds. The molecule has 0 heterocycles. The third-order valence-corrected chi connectivity index (χ3v) is 3.66. The molecule has 3 nitrogen and oxygen atoms in total. The summed E-state index contributed by atoms with van der Waals surface area (Å²) >= 11 is 16.6. The number of nitrogens with two attached hydrogens (primary N) is 1. The van der Waals surface area contributed by atoms with Gasteiger partial charge in [0, 0.05) is 17.7 Å². The standard InChI is InChI=1S/C15H12Cl2N2OS/c16-12-6-3-10(8-13(12)17)15(20)19-11-4-1-9(2-5-11)7-14(18)21/h1-6,8H,7H2,(H2,18,21)(H,19,20). The summed E-state index contributed by atoms with van der Waals surface area (Å²) in [6.45, 7) is 0. The van der Waals surface area contributed by atoms with E-state index in [0.717, 1.165) is 5.56 Å². The van der Waals surface area contributed by atoms with Crippen molar-refractivity contribution in [2.24, 2.45) is 5.73 Å². The van der Waals surface area contributed by atoms with Gasteiger partial charge in [-0.3, -0.25) is 4.79 Å². The SMILES string of the molecule is NC(=S)Cc1ccc(NC(=O)c2ccc(Cl)c(Cl)c2)cc1. The van der Waals surface area contributed by atoms with Gasteiger partial charge in [0.05, 0.1) is 15.0 Å². The van der Waals surface area contributed by atoms with Gasteiger partial charge in [-0.1, -0.05) is 47.6 Å². The zero-order valence-electron chi connectivity index (χ0n) is 10.9. The van der Waals surface area contributed by atoms with Gasteiger partial charge in [-0.2, -0.15) is 0 Å². The van der Waals surface area contributed by atoms with Crippen LogP contribution in [0, 0.1) is 0 Å². The van der Waals surface area contributed by atoms with Crippen molar-refractivity contribution in [2.75, 3.05) is 5.32 Å². The van der Waals surface area contributed by atoms with Crippen molar-refractivity contribution in [3.8, 4) is 0 Å². The first kappa shape index (κ1) is 15.8. The van der Waals surface area contributed by atoms with Crippen molar-refractivity contribution in [1.82, 2.24) is 0 Å². The lowest BCUT2D eigenvalue weighted by molar-refractivity contribution is 0.102. The van der Waals surface area contributed by atoms with Crippen LogP contribution >= 0.6 is 35.4 Å². The summed E-state index contributed by atoms with van der Waals surface area (Å²) < 4.78 is 0. The molecule has 0 radical (unpaired) electrons. The Bertz CT molecular complexity index is 687. The molecule has 21 heavy (non-hydrogen) atoms. The largest absolute Gasteiger partial charge is 0.393 e. The fourth-order valence-electron chi connectivity index (χ4n) is 1.75. The lowest BCUT2D eigenvalue weighted by atomic mass is 10.1. The molecule has 6 heteroatoms. The van der Waals surface area contributed by atoms with Crippen LogP contribution in [0.4, 0.5) is 5.69 Å². The van der Waals surface area contributed by atoms with E-state index in [-0.39, 0.29) is 5.91 Å². The van der Waals surface area contributed by atoms with Crippen molar-refractivity contribution in [3.63, 3.8) is 0 Å². The monoisotopic (exact) mass is 338 g/mol. The molecule has 0 spiro atoms. The van der Waals surface area contributed by atoms with Gasteiger partial charge in [0.1, 0.15) is 0 Å². The highest BCUT2D eigenvalue weighted by Gasteiger charge is 2.08. The third-order valence-electron chi connectivity index (χ3n) is 2.77. The second-order valence-electron chi connectivity index (χ2n) is 4.42. The number of amides is 1. The van der Waals surface area contributed by atoms with Crippen molar-refractivity contribution >= 4 is 52.0 Å². The number of anilines is 1. The molecule has 2 aromatic carbocycles. The normalized spacial score (nSPS) is 10.2. The fourth-order valence-corrected chi connectivity index (χ4v) is 2.21. The van der Waals surface area contributed by atoms with E-state index >= 15 is 0 Å². The number of rotatable bonds is 4. The lowest BCUT2D eigenvalue weighted by Crippen LogP contribution is -2.13. The highest BCUT2D eigenvalue weighted by Crippen LogP contribution is 2.23. The summed E-state index contributed by atoms with van der Waals surface area (Å²) in [5, 5.41) is 3.54. The molecule has 0 saturated heterocycles. The van der Waals surface area contributed by atoms with Gasteiger partial charge in [-0.15, -0.1) is 0 Å². The van der Waals surface area contributed by atoms with Crippen molar-refractivity contribution in [3.05, 3.63) is 63.6 Å². The molecule has 2 rings (SSSR count). The first-order valence-corrected chi connectivity index (χ1v) is 7.26. The topological polar surface area (TPSA) is 55.1 Å². The van der Waals surface area contributed by atoms with E-state index in [2.05, 4.69) is 5.32 Å². The average molecular weight is 339 g/mol. The molecule has 0 unspecified atom stereocenters. The van der Waals surface area contributed by atoms with Crippen LogP contribution in [-0.4, -0.2) is 10.9 Å². The van der Waals surface area contributed by atoms with E-state index in [1.54, 1.807) is 24.3 Å². The Kier molecular flexibility index (Phi) is 5.17. The van der Waals surface area contributed by atoms with Crippen LogP contribution in [0.15, 0.2) is 42.5 Å². The highest BCUT2D eigenvalue weighted by molar-refractivity contribution is 7.80. The number of thiocarbonyl (C=S) groups is 1. The Hall–Kier alpha value is -1.62. The van der Waals surface area contributed by atoms with E-state index in [1.165, 1.54) is 6.07 Å². The highest BCUT2D eigenvalue weighted by atomic mass is 35.5. The average Bonchev–Trinajstić information content (AvgIpc) is 2.43. The number of carbonyl (C=O) groups is 1. The zero-order chi connectivity index (χ0) is 15.4. The molecule has 0 bridgehead atoms. The quantitative estimate of drug-likeness (QED) is 0.826. The maximum Gasteiger partial charge on any atom is 0.255 e. The smallest absolute Gasteiger partial charge is 0.255 e. The molecule has 0 aliphatic heterocycles. The summed E-state index contributed by atoms with van der Waals surface area (Å²) in [5.74, 6) is -0.254. The Labute approximate surface area is 138 Å². The van der Waals surface area contributed by atoms with Crippen LogP contribution in [0.2, 0.25) is 10.0 Å². The zero-order valence-corrected chi connectivity index (χ0v) is 13.2. The lowest BCUT2D eigenvalue weighted by Gasteiger charge is -2.07.